The van der Waals surface area contributed by atoms with Gasteiger partial charge in [-0.3, -0.25) is 0 Å². The smallest absolute Gasteiger partial charge is 0.363 e. The van der Waals surface area contributed by atoms with Gasteiger partial charge in [0.15, 0.2) is 5.70 Å². The second kappa shape index (κ2) is 5.78. The zero-order chi connectivity index (χ0) is 15.7. The number of benzene rings is 2. The summed E-state index contributed by atoms with van der Waals surface area (Å²) in [5, 5.41) is 0.502. The summed E-state index contributed by atoms with van der Waals surface area (Å²) >= 11 is 6.11. The average molecular weight is 312 g/mol. The Kier molecular flexibility index (Phi) is 3.82. The van der Waals surface area contributed by atoms with E-state index >= 15 is 0 Å². The highest BCUT2D eigenvalue weighted by Crippen LogP contribution is 2.24. The topological polar surface area (TPSA) is 38.7 Å². The van der Waals surface area contributed by atoms with Crippen molar-refractivity contribution >= 4 is 29.5 Å². The standard InChI is InChI=1S/C18H14ClNO2/c1-11-7-8-13(12(2)9-11)10-16-18(21)22-17(20-16)14-5-3-4-6-15(14)19/h3-10H,1-2H3/b16-10+. The van der Waals surface area contributed by atoms with Crippen LogP contribution in [0.2, 0.25) is 5.02 Å². The zero-order valence-electron chi connectivity index (χ0n) is 12.3. The molecule has 0 saturated carbocycles. The summed E-state index contributed by atoms with van der Waals surface area (Å²) < 4.78 is 5.23. The highest BCUT2D eigenvalue weighted by atomic mass is 35.5. The van der Waals surface area contributed by atoms with E-state index in [0.29, 0.717) is 10.6 Å². The van der Waals surface area contributed by atoms with Gasteiger partial charge in [0.2, 0.25) is 5.90 Å². The number of ether oxygens (including phenoxy) is 1. The summed E-state index contributed by atoms with van der Waals surface area (Å²) in [7, 11) is 0. The summed E-state index contributed by atoms with van der Waals surface area (Å²) in [6, 6.07) is 13.2. The van der Waals surface area contributed by atoms with Crippen LogP contribution in [0.1, 0.15) is 22.3 Å². The molecule has 1 aliphatic heterocycles. The quantitative estimate of drug-likeness (QED) is 0.612. The summed E-state index contributed by atoms with van der Waals surface area (Å²) in [5.74, 6) is -0.221. The van der Waals surface area contributed by atoms with E-state index in [-0.39, 0.29) is 11.6 Å². The van der Waals surface area contributed by atoms with Crippen molar-refractivity contribution < 1.29 is 9.53 Å². The maximum absolute atomic E-state index is 12.0. The van der Waals surface area contributed by atoms with Gasteiger partial charge < -0.3 is 4.74 Å². The number of hydrogen-bond acceptors (Lipinski definition) is 3. The molecule has 0 aliphatic carbocycles. The minimum Gasteiger partial charge on any atom is -0.402 e. The molecule has 1 heterocycles. The second-order valence-corrected chi connectivity index (χ2v) is 5.58. The van der Waals surface area contributed by atoms with Crippen LogP contribution in [0.4, 0.5) is 0 Å². The number of carbonyl (C=O) groups is 1. The van der Waals surface area contributed by atoms with E-state index in [4.69, 9.17) is 16.3 Å². The highest BCUT2D eigenvalue weighted by molar-refractivity contribution is 6.34. The van der Waals surface area contributed by atoms with Crippen molar-refractivity contribution in [2.24, 2.45) is 4.99 Å². The number of aryl methyl sites for hydroxylation is 2. The number of cyclic esters (lactones) is 1. The SMILES string of the molecule is Cc1ccc(/C=C2/N=C(c3ccccc3Cl)OC2=O)c(C)c1. The van der Waals surface area contributed by atoms with Gasteiger partial charge in [-0.1, -0.05) is 47.5 Å². The Labute approximate surface area is 133 Å². The average Bonchev–Trinajstić information content (AvgIpc) is 2.83. The molecule has 0 radical (unpaired) electrons. The van der Waals surface area contributed by atoms with Gasteiger partial charge in [0, 0.05) is 0 Å². The van der Waals surface area contributed by atoms with Gasteiger partial charge in [0.25, 0.3) is 0 Å². The van der Waals surface area contributed by atoms with Gasteiger partial charge in [-0.15, -0.1) is 0 Å². The van der Waals surface area contributed by atoms with Crippen molar-refractivity contribution in [1.82, 2.24) is 0 Å². The van der Waals surface area contributed by atoms with Crippen LogP contribution < -0.4 is 0 Å². The molecule has 22 heavy (non-hydrogen) atoms. The molecule has 3 rings (SSSR count). The fourth-order valence-corrected chi connectivity index (χ4v) is 2.51. The fraction of sp³-hybridized carbons (Fsp3) is 0.111. The van der Waals surface area contributed by atoms with E-state index in [9.17, 15) is 4.79 Å². The van der Waals surface area contributed by atoms with Crippen LogP contribution in [0, 0.1) is 13.8 Å². The number of esters is 1. The Hall–Kier alpha value is -2.39. The van der Waals surface area contributed by atoms with Gasteiger partial charge in [-0.05, 0) is 43.2 Å². The van der Waals surface area contributed by atoms with E-state index in [0.717, 1.165) is 11.1 Å². The molecule has 2 aromatic rings. The third-order valence-electron chi connectivity index (χ3n) is 3.44. The Bertz CT molecular complexity index is 822. The third-order valence-corrected chi connectivity index (χ3v) is 3.77. The molecule has 4 heteroatoms. The van der Waals surface area contributed by atoms with E-state index in [1.807, 2.05) is 38.1 Å². The lowest BCUT2D eigenvalue weighted by molar-refractivity contribution is -0.129. The monoisotopic (exact) mass is 311 g/mol. The summed E-state index contributed by atoms with van der Waals surface area (Å²) in [6.45, 7) is 4.03. The van der Waals surface area contributed by atoms with Crippen molar-refractivity contribution in [3.63, 3.8) is 0 Å². The Morgan fingerprint density at radius 3 is 2.64 bits per heavy atom. The maximum atomic E-state index is 12.0. The number of carbonyl (C=O) groups excluding carboxylic acids is 1. The predicted octanol–water partition coefficient (Wildman–Crippen LogP) is 4.30. The van der Waals surface area contributed by atoms with Gasteiger partial charge in [-0.25, -0.2) is 9.79 Å². The van der Waals surface area contributed by atoms with E-state index in [2.05, 4.69) is 11.1 Å². The lowest BCUT2D eigenvalue weighted by atomic mass is 10.0. The minimum absolute atomic E-state index is 0.242. The van der Waals surface area contributed by atoms with Crippen molar-refractivity contribution in [3.05, 3.63) is 75.4 Å². The first kappa shape index (κ1) is 14.5. The normalized spacial score (nSPS) is 15.9. The molecule has 0 N–H and O–H groups in total. The first-order chi connectivity index (χ1) is 10.5. The number of rotatable bonds is 2. The molecule has 2 aromatic carbocycles. The summed E-state index contributed by atoms with van der Waals surface area (Å²) in [4.78, 5) is 16.3. The first-order valence-corrected chi connectivity index (χ1v) is 7.27. The zero-order valence-corrected chi connectivity index (χ0v) is 13.0. The molecule has 0 fully saturated rings. The van der Waals surface area contributed by atoms with Crippen LogP contribution in [-0.2, 0) is 9.53 Å². The molecule has 0 saturated heterocycles. The van der Waals surface area contributed by atoms with Crippen molar-refractivity contribution in [1.29, 1.82) is 0 Å². The van der Waals surface area contributed by atoms with Crippen molar-refractivity contribution in [3.8, 4) is 0 Å². The van der Waals surface area contributed by atoms with Crippen LogP contribution >= 0.6 is 11.6 Å². The largest absolute Gasteiger partial charge is 0.402 e. The third kappa shape index (κ3) is 2.81. The second-order valence-electron chi connectivity index (χ2n) is 5.18. The molecule has 3 nitrogen and oxygen atoms in total. The number of hydrogen-bond donors (Lipinski definition) is 0. The minimum atomic E-state index is -0.463. The molecule has 0 amide bonds. The van der Waals surface area contributed by atoms with Gasteiger partial charge in [0.1, 0.15) is 0 Å². The summed E-state index contributed by atoms with van der Waals surface area (Å²) in [5.41, 5.74) is 4.10. The Morgan fingerprint density at radius 2 is 1.91 bits per heavy atom. The van der Waals surface area contributed by atoms with Gasteiger partial charge >= 0.3 is 5.97 Å². The molecule has 1 aliphatic rings. The van der Waals surface area contributed by atoms with Crippen LogP contribution in [-0.4, -0.2) is 11.9 Å². The molecular formula is C18H14ClNO2. The highest BCUT2D eigenvalue weighted by Gasteiger charge is 2.25. The van der Waals surface area contributed by atoms with Crippen LogP contribution in [0.25, 0.3) is 6.08 Å². The van der Waals surface area contributed by atoms with Gasteiger partial charge in [0.05, 0.1) is 10.6 Å². The Balaban J connectivity index is 2.00. The lowest BCUT2D eigenvalue weighted by Crippen LogP contribution is -2.05. The predicted molar refractivity (Wildman–Crippen MR) is 88.0 cm³/mol. The number of nitrogens with zero attached hydrogens (tertiary/aromatic N) is 1. The molecule has 0 bridgehead atoms. The van der Waals surface area contributed by atoms with Crippen molar-refractivity contribution in [2.45, 2.75) is 13.8 Å². The number of aliphatic imine (C=N–C) groups is 1. The van der Waals surface area contributed by atoms with Crippen molar-refractivity contribution in [2.75, 3.05) is 0 Å². The van der Waals surface area contributed by atoms with E-state index < -0.39 is 5.97 Å². The van der Waals surface area contributed by atoms with Crippen LogP contribution in [0.15, 0.2) is 53.2 Å². The van der Waals surface area contributed by atoms with Crippen LogP contribution in [0.5, 0.6) is 0 Å². The number of halogens is 1. The molecule has 0 atom stereocenters. The molecule has 0 unspecified atom stereocenters. The van der Waals surface area contributed by atoms with Crippen LogP contribution in [0.3, 0.4) is 0 Å². The Morgan fingerprint density at radius 1 is 1.14 bits per heavy atom. The molecule has 110 valence electrons. The van der Waals surface area contributed by atoms with E-state index in [1.165, 1.54) is 5.56 Å². The van der Waals surface area contributed by atoms with E-state index in [1.54, 1.807) is 18.2 Å². The maximum Gasteiger partial charge on any atom is 0.363 e. The van der Waals surface area contributed by atoms with Gasteiger partial charge in [-0.2, -0.15) is 0 Å². The fourth-order valence-electron chi connectivity index (χ4n) is 2.29. The lowest BCUT2D eigenvalue weighted by Gasteiger charge is -2.01. The summed E-state index contributed by atoms with van der Waals surface area (Å²) in [6.07, 6.45) is 1.74. The first-order valence-electron chi connectivity index (χ1n) is 6.89. The molecule has 0 aromatic heterocycles. The molecule has 0 spiro atoms. The molecular weight excluding hydrogens is 298 g/mol.